The van der Waals surface area contributed by atoms with Gasteiger partial charge in [-0.3, -0.25) is 14.7 Å². The van der Waals surface area contributed by atoms with Gasteiger partial charge in [0, 0.05) is 38.9 Å². The minimum absolute atomic E-state index is 0.0392. The van der Waals surface area contributed by atoms with Gasteiger partial charge in [-0.1, -0.05) is 18.2 Å². The number of rotatable bonds is 5. The molecule has 6 nitrogen and oxygen atoms in total. The summed E-state index contributed by atoms with van der Waals surface area (Å²) in [4.78, 5) is 24.9. The van der Waals surface area contributed by atoms with Crippen LogP contribution in [0.15, 0.2) is 42.7 Å². The van der Waals surface area contributed by atoms with Crippen molar-refractivity contribution in [3.8, 4) is 5.75 Å². The van der Waals surface area contributed by atoms with Gasteiger partial charge in [0.1, 0.15) is 18.1 Å². The lowest BCUT2D eigenvalue weighted by Gasteiger charge is -2.34. The molecule has 1 aromatic heterocycles. The fourth-order valence-corrected chi connectivity index (χ4v) is 2.65. The van der Waals surface area contributed by atoms with Crippen LogP contribution in [0.1, 0.15) is 16.2 Å². The molecule has 1 amide bonds. The van der Waals surface area contributed by atoms with Crippen LogP contribution in [-0.2, 0) is 0 Å². The first-order valence-electron chi connectivity index (χ1n) is 8.20. The number of para-hydroxylation sites is 1. The van der Waals surface area contributed by atoms with Crippen molar-refractivity contribution in [2.45, 2.75) is 6.92 Å². The summed E-state index contributed by atoms with van der Waals surface area (Å²) in [5.74, 6) is 0.854. The molecule has 1 aromatic carbocycles. The van der Waals surface area contributed by atoms with Crippen molar-refractivity contribution in [1.29, 1.82) is 0 Å². The predicted molar refractivity (Wildman–Crippen MR) is 91.0 cm³/mol. The molecule has 0 spiro atoms. The lowest BCUT2D eigenvalue weighted by molar-refractivity contribution is 0.0614. The second kappa shape index (κ2) is 7.88. The molecule has 0 bridgehead atoms. The van der Waals surface area contributed by atoms with Gasteiger partial charge >= 0.3 is 0 Å². The summed E-state index contributed by atoms with van der Waals surface area (Å²) in [7, 11) is 0. The molecular formula is C18H22N4O2. The quantitative estimate of drug-likeness (QED) is 0.836. The summed E-state index contributed by atoms with van der Waals surface area (Å²) >= 11 is 0. The summed E-state index contributed by atoms with van der Waals surface area (Å²) in [6.45, 7) is 6.49. The maximum Gasteiger partial charge on any atom is 0.274 e. The molecule has 2 aromatic rings. The first-order valence-corrected chi connectivity index (χ1v) is 8.20. The van der Waals surface area contributed by atoms with Gasteiger partial charge in [-0.2, -0.15) is 0 Å². The van der Waals surface area contributed by atoms with Gasteiger partial charge in [0.2, 0.25) is 0 Å². The largest absolute Gasteiger partial charge is 0.492 e. The van der Waals surface area contributed by atoms with Crippen LogP contribution in [0.5, 0.6) is 5.75 Å². The first-order chi connectivity index (χ1) is 11.7. The Kier molecular flexibility index (Phi) is 5.38. The van der Waals surface area contributed by atoms with Crippen LogP contribution >= 0.6 is 0 Å². The van der Waals surface area contributed by atoms with E-state index in [1.807, 2.05) is 42.2 Å². The Labute approximate surface area is 142 Å². The van der Waals surface area contributed by atoms with E-state index in [2.05, 4.69) is 14.9 Å². The van der Waals surface area contributed by atoms with Crippen molar-refractivity contribution in [3.05, 3.63) is 54.1 Å². The van der Waals surface area contributed by atoms with E-state index < -0.39 is 0 Å². The SMILES string of the molecule is Cc1cnc(C(=O)N2CCN(CCOc3ccccc3)CC2)cn1. The van der Waals surface area contributed by atoms with Gasteiger partial charge in [0.25, 0.3) is 5.91 Å². The van der Waals surface area contributed by atoms with E-state index in [-0.39, 0.29) is 5.91 Å². The lowest BCUT2D eigenvalue weighted by atomic mass is 10.2. The van der Waals surface area contributed by atoms with Crippen molar-refractivity contribution in [3.63, 3.8) is 0 Å². The zero-order chi connectivity index (χ0) is 16.8. The third-order valence-corrected chi connectivity index (χ3v) is 4.08. The molecule has 6 heteroatoms. The Balaban J connectivity index is 1.42. The minimum atomic E-state index is -0.0392. The van der Waals surface area contributed by atoms with Crippen LogP contribution in [0.25, 0.3) is 0 Å². The fourth-order valence-electron chi connectivity index (χ4n) is 2.65. The van der Waals surface area contributed by atoms with Crippen LogP contribution in [0.3, 0.4) is 0 Å². The minimum Gasteiger partial charge on any atom is -0.492 e. The molecule has 1 aliphatic heterocycles. The summed E-state index contributed by atoms with van der Waals surface area (Å²) in [5.41, 5.74) is 1.23. The third kappa shape index (κ3) is 4.29. The van der Waals surface area contributed by atoms with E-state index >= 15 is 0 Å². The van der Waals surface area contributed by atoms with Gasteiger partial charge in [0.15, 0.2) is 0 Å². The molecule has 1 aliphatic rings. The number of aromatic nitrogens is 2. The second-order valence-corrected chi connectivity index (χ2v) is 5.84. The van der Waals surface area contributed by atoms with Crippen LogP contribution < -0.4 is 4.74 Å². The molecule has 0 N–H and O–H groups in total. The topological polar surface area (TPSA) is 58.6 Å². The third-order valence-electron chi connectivity index (χ3n) is 4.08. The predicted octanol–water partition coefficient (Wildman–Crippen LogP) is 1.62. The second-order valence-electron chi connectivity index (χ2n) is 5.84. The van der Waals surface area contributed by atoms with E-state index in [9.17, 15) is 4.79 Å². The van der Waals surface area contributed by atoms with Gasteiger partial charge in [-0.05, 0) is 19.1 Å². The zero-order valence-electron chi connectivity index (χ0n) is 13.9. The Morgan fingerprint density at radius 2 is 1.83 bits per heavy atom. The summed E-state index contributed by atoms with van der Waals surface area (Å²) in [6, 6.07) is 9.82. The molecule has 24 heavy (non-hydrogen) atoms. The highest BCUT2D eigenvalue weighted by molar-refractivity contribution is 5.92. The first kappa shape index (κ1) is 16.4. The number of ether oxygens (including phenoxy) is 1. The number of piperazine rings is 1. The smallest absolute Gasteiger partial charge is 0.274 e. The normalized spacial score (nSPS) is 15.3. The molecule has 3 rings (SSSR count). The van der Waals surface area contributed by atoms with E-state index in [1.165, 1.54) is 0 Å². The molecule has 0 saturated carbocycles. The number of carbonyl (C=O) groups is 1. The number of hydrogen-bond donors (Lipinski definition) is 0. The highest BCUT2D eigenvalue weighted by Crippen LogP contribution is 2.09. The number of carbonyl (C=O) groups excluding carboxylic acids is 1. The Morgan fingerprint density at radius 3 is 2.50 bits per heavy atom. The van der Waals surface area contributed by atoms with E-state index in [0.717, 1.165) is 31.1 Å². The maximum absolute atomic E-state index is 12.4. The zero-order valence-corrected chi connectivity index (χ0v) is 13.9. The van der Waals surface area contributed by atoms with E-state index in [1.54, 1.807) is 12.4 Å². The molecule has 0 aliphatic carbocycles. The number of hydrogen-bond acceptors (Lipinski definition) is 5. The van der Waals surface area contributed by atoms with Gasteiger partial charge in [-0.25, -0.2) is 4.98 Å². The van der Waals surface area contributed by atoms with Gasteiger partial charge < -0.3 is 9.64 Å². The number of nitrogens with zero attached hydrogens (tertiary/aromatic N) is 4. The van der Waals surface area contributed by atoms with Gasteiger partial charge in [-0.15, -0.1) is 0 Å². The molecule has 0 unspecified atom stereocenters. The molecule has 2 heterocycles. The fraction of sp³-hybridized carbons (Fsp3) is 0.389. The number of aryl methyl sites for hydroxylation is 1. The number of benzene rings is 1. The average molecular weight is 326 g/mol. The van der Waals surface area contributed by atoms with Crippen LogP contribution in [0.2, 0.25) is 0 Å². The van der Waals surface area contributed by atoms with Crippen LogP contribution in [-0.4, -0.2) is 65.0 Å². The Bertz CT molecular complexity index is 652. The summed E-state index contributed by atoms with van der Waals surface area (Å²) in [5, 5.41) is 0. The molecular weight excluding hydrogens is 304 g/mol. The lowest BCUT2D eigenvalue weighted by Crippen LogP contribution is -2.49. The molecule has 1 fully saturated rings. The van der Waals surface area contributed by atoms with Crippen molar-refractivity contribution in [1.82, 2.24) is 19.8 Å². The molecule has 0 radical (unpaired) electrons. The standard InChI is InChI=1S/C18H22N4O2/c1-15-13-20-17(14-19-15)18(23)22-9-7-21(8-10-22)11-12-24-16-5-3-2-4-6-16/h2-6,13-14H,7-12H2,1H3. The monoisotopic (exact) mass is 326 g/mol. The van der Waals surface area contributed by atoms with Crippen LogP contribution in [0.4, 0.5) is 0 Å². The van der Waals surface area contributed by atoms with E-state index in [4.69, 9.17) is 4.74 Å². The van der Waals surface area contributed by atoms with Crippen molar-refractivity contribution >= 4 is 5.91 Å². The number of amides is 1. The molecule has 1 saturated heterocycles. The van der Waals surface area contributed by atoms with E-state index in [0.29, 0.717) is 25.4 Å². The molecule has 126 valence electrons. The molecule has 0 atom stereocenters. The Morgan fingerprint density at radius 1 is 1.08 bits per heavy atom. The average Bonchev–Trinajstić information content (AvgIpc) is 2.63. The maximum atomic E-state index is 12.4. The Hall–Kier alpha value is -2.47. The highest BCUT2D eigenvalue weighted by Gasteiger charge is 2.22. The highest BCUT2D eigenvalue weighted by atomic mass is 16.5. The van der Waals surface area contributed by atoms with Crippen molar-refractivity contribution in [2.24, 2.45) is 0 Å². The summed E-state index contributed by atoms with van der Waals surface area (Å²) in [6.07, 6.45) is 3.18. The van der Waals surface area contributed by atoms with Crippen molar-refractivity contribution < 1.29 is 9.53 Å². The van der Waals surface area contributed by atoms with Crippen molar-refractivity contribution in [2.75, 3.05) is 39.3 Å². The van der Waals surface area contributed by atoms with Gasteiger partial charge in [0.05, 0.1) is 11.9 Å². The van der Waals surface area contributed by atoms with Crippen LogP contribution in [0, 0.1) is 6.92 Å². The summed E-state index contributed by atoms with van der Waals surface area (Å²) < 4.78 is 5.72.